The van der Waals surface area contributed by atoms with Crippen molar-refractivity contribution in [3.8, 4) is 0 Å². The maximum atomic E-state index is 11.9. The van der Waals surface area contributed by atoms with Gasteiger partial charge in [0.25, 0.3) is 11.6 Å². The van der Waals surface area contributed by atoms with Gasteiger partial charge < -0.3 is 15.5 Å². The number of amides is 1. The van der Waals surface area contributed by atoms with Gasteiger partial charge in [0.05, 0.1) is 4.92 Å². The van der Waals surface area contributed by atoms with Crippen LogP contribution in [0.5, 0.6) is 0 Å². The van der Waals surface area contributed by atoms with Gasteiger partial charge in [-0.3, -0.25) is 20.8 Å². The third-order valence-electron chi connectivity index (χ3n) is 2.92. The number of hydrazine groups is 1. The van der Waals surface area contributed by atoms with E-state index in [0.29, 0.717) is 18.7 Å². The van der Waals surface area contributed by atoms with Gasteiger partial charge in [-0.2, -0.15) is 0 Å². The van der Waals surface area contributed by atoms with E-state index in [4.69, 9.17) is 10.6 Å². The maximum Gasteiger partial charge on any atom is 0.293 e. The number of nitrogens with two attached hydrogens (primary N) is 1. The number of benzene rings is 1. The molecule has 0 aliphatic rings. The van der Waals surface area contributed by atoms with Gasteiger partial charge >= 0.3 is 0 Å². The molecule has 21 heavy (non-hydrogen) atoms. The van der Waals surface area contributed by atoms with E-state index >= 15 is 0 Å². The van der Waals surface area contributed by atoms with Gasteiger partial charge in [-0.15, -0.1) is 0 Å². The van der Waals surface area contributed by atoms with Crippen LogP contribution in [0.2, 0.25) is 0 Å². The number of carbonyl (C=O) groups is 1. The molecule has 0 aliphatic carbocycles. The number of hydrogen-bond donors (Lipinski definition) is 3. The summed E-state index contributed by atoms with van der Waals surface area (Å²) in [7, 11) is 1.65. The molecule has 0 aliphatic heterocycles. The Morgan fingerprint density at radius 1 is 1.38 bits per heavy atom. The van der Waals surface area contributed by atoms with E-state index in [-0.39, 0.29) is 17.3 Å². The highest BCUT2D eigenvalue weighted by Crippen LogP contribution is 2.24. The molecular formula is C13H20N4O4. The predicted molar refractivity (Wildman–Crippen MR) is 79.0 cm³/mol. The Labute approximate surface area is 122 Å². The number of nitro groups is 1. The Morgan fingerprint density at radius 2 is 2.14 bits per heavy atom. The summed E-state index contributed by atoms with van der Waals surface area (Å²) in [5, 5.41) is 13.5. The summed E-state index contributed by atoms with van der Waals surface area (Å²) in [5.41, 5.74) is 2.48. The third-order valence-corrected chi connectivity index (χ3v) is 2.92. The number of ether oxygens (including phenoxy) is 1. The van der Waals surface area contributed by atoms with Crippen molar-refractivity contribution in [1.29, 1.82) is 0 Å². The first kappa shape index (κ1) is 16.9. The van der Waals surface area contributed by atoms with E-state index in [2.05, 4.69) is 10.7 Å². The van der Waals surface area contributed by atoms with Gasteiger partial charge in [0.2, 0.25) is 0 Å². The number of anilines is 1. The summed E-state index contributed by atoms with van der Waals surface area (Å²) >= 11 is 0. The highest BCUT2D eigenvalue weighted by molar-refractivity contribution is 5.95. The molecule has 1 rings (SSSR count). The Bertz CT molecular complexity index is 493. The largest absolute Gasteiger partial charge is 0.385 e. The van der Waals surface area contributed by atoms with Gasteiger partial charge in [-0.25, -0.2) is 0 Å². The minimum Gasteiger partial charge on any atom is -0.385 e. The smallest absolute Gasteiger partial charge is 0.293 e. The second kappa shape index (κ2) is 8.88. The molecule has 0 heterocycles. The molecule has 0 radical (unpaired) electrons. The van der Waals surface area contributed by atoms with Crippen LogP contribution in [0.4, 0.5) is 11.4 Å². The van der Waals surface area contributed by atoms with Crippen molar-refractivity contribution in [3.05, 3.63) is 33.9 Å². The molecule has 8 nitrogen and oxygen atoms in total. The average molecular weight is 296 g/mol. The van der Waals surface area contributed by atoms with E-state index < -0.39 is 4.92 Å². The van der Waals surface area contributed by atoms with Gasteiger partial charge in [0.15, 0.2) is 0 Å². The molecule has 0 spiro atoms. The number of methoxy groups -OCH3 is 1. The third kappa shape index (κ3) is 5.36. The van der Waals surface area contributed by atoms with Crippen LogP contribution in [-0.4, -0.2) is 31.1 Å². The Morgan fingerprint density at radius 3 is 2.76 bits per heavy atom. The molecule has 1 aromatic carbocycles. The first-order valence-corrected chi connectivity index (χ1v) is 6.62. The van der Waals surface area contributed by atoms with Crippen LogP contribution >= 0.6 is 0 Å². The number of carbonyl (C=O) groups excluding carboxylic acids is 1. The molecule has 4 N–H and O–H groups in total. The zero-order valence-corrected chi connectivity index (χ0v) is 11.9. The first-order valence-electron chi connectivity index (χ1n) is 6.62. The number of unbranched alkanes of at least 4 members (excludes halogenated alkanes) is 2. The fraction of sp³-hybridized carbons (Fsp3) is 0.462. The maximum absolute atomic E-state index is 11.9. The number of nitrogens with one attached hydrogen (secondary N) is 2. The molecule has 1 aromatic rings. The predicted octanol–water partition coefficient (Wildman–Crippen LogP) is 1.43. The number of nitrogens with zero attached hydrogens (tertiary/aromatic N) is 1. The van der Waals surface area contributed by atoms with Crippen molar-refractivity contribution in [2.24, 2.45) is 5.84 Å². The normalized spacial score (nSPS) is 10.2. The second-order valence-electron chi connectivity index (χ2n) is 4.44. The molecule has 0 fully saturated rings. The highest BCUT2D eigenvalue weighted by atomic mass is 16.6. The standard InChI is InChI=1S/C13H20N4O4/c1-21-8-4-2-3-7-15-13(18)10-5-6-12(17(19)20)11(9-10)16-14/h5-6,9,16H,2-4,7-8,14H2,1H3,(H,15,18). The average Bonchev–Trinajstić information content (AvgIpc) is 2.49. The number of hydrogen-bond acceptors (Lipinski definition) is 6. The zero-order valence-electron chi connectivity index (χ0n) is 11.9. The molecule has 8 heteroatoms. The van der Waals surface area contributed by atoms with Crippen LogP contribution in [0.25, 0.3) is 0 Å². The number of nitro benzene ring substituents is 1. The Kier molecular flexibility index (Phi) is 7.13. The summed E-state index contributed by atoms with van der Waals surface area (Å²) in [5.74, 6) is 4.94. The van der Waals surface area contributed by atoms with Crippen molar-refractivity contribution in [3.63, 3.8) is 0 Å². The van der Waals surface area contributed by atoms with Crippen molar-refractivity contribution in [1.82, 2.24) is 5.32 Å². The second-order valence-corrected chi connectivity index (χ2v) is 4.44. The van der Waals surface area contributed by atoms with Crippen LogP contribution < -0.4 is 16.6 Å². The minimum absolute atomic E-state index is 0.104. The molecule has 0 atom stereocenters. The van der Waals surface area contributed by atoms with Crippen molar-refractivity contribution in [2.45, 2.75) is 19.3 Å². The minimum atomic E-state index is -0.563. The summed E-state index contributed by atoms with van der Waals surface area (Å²) in [4.78, 5) is 22.1. The zero-order chi connectivity index (χ0) is 15.7. The van der Waals surface area contributed by atoms with Gasteiger partial charge in [0, 0.05) is 31.9 Å². The van der Waals surface area contributed by atoms with E-state index in [1.807, 2.05) is 0 Å². The molecule has 0 saturated heterocycles. The number of rotatable bonds is 9. The highest BCUT2D eigenvalue weighted by Gasteiger charge is 2.15. The van der Waals surface area contributed by atoms with Crippen LogP contribution in [-0.2, 0) is 4.74 Å². The molecule has 116 valence electrons. The summed E-state index contributed by atoms with van der Waals surface area (Å²) in [6, 6.07) is 4.01. The number of nitrogen functional groups attached to an aromatic ring is 1. The lowest BCUT2D eigenvalue weighted by Crippen LogP contribution is -2.24. The van der Waals surface area contributed by atoms with E-state index in [9.17, 15) is 14.9 Å². The van der Waals surface area contributed by atoms with E-state index in [1.54, 1.807) is 7.11 Å². The van der Waals surface area contributed by atoms with Crippen molar-refractivity contribution >= 4 is 17.3 Å². The molecular weight excluding hydrogens is 276 g/mol. The van der Waals surface area contributed by atoms with E-state index in [1.165, 1.54) is 18.2 Å². The molecule has 0 bridgehead atoms. The Balaban J connectivity index is 2.53. The fourth-order valence-corrected chi connectivity index (χ4v) is 1.80. The van der Waals surface area contributed by atoms with Gasteiger partial charge in [0.1, 0.15) is 5.69 Å². The monoisotopic (exact) mass is 296 g/mol. The SMILES string of the molecule is COCCCCCNC(=O)c1ccc([N+](=O)[O-])c(NN)c1. The Hall–Kier alpha value is -2.19. The fourth-order valence-electron chi connectivity index (χ4n) is 1.80. The van der Waals surface area contributed by atoms with Crippen LogP contribution in [0.15, 0.2) is 18.2 Å². The molecule has 1 amide bonds. The summed E-state index contributed by atoms with van der Waals surface area (Å²) in [6.45, 7) is 1.26. The quantitative estimate of drug-likeness (QED) is 0.274. The summed E-state index contributed by atoms with van der Waals surface area (Å²) < 4.78 is 4.93. The molecule has 0 saturated carbocycles. The lowest BCUT2D eigenvalue weighted by atomic mass is 10.1. The lowest BCUT2D eigenvalue weighted by molar-refractivity contribution is -0.384. The molecule has 0 aromatic heterocycles. The van der Waals surface area contributed by atoms with Gasteiger partial charge in [-0.1, -0.05) is 0 Å². The van der Waals surface area contributed by atoms with Crippen LogP contribution in [0.1, 0.15) is 29.6 Å². The van der Waals surface area contributed by atoms with Gasteiger partial charge in [-0.05, 0) is 31.4 Å². The van der Waals surface area contributed by atoms with Crippen molar-refractivity contribution in [2.75, 3.05) is 25.7 Å². The summed E-state index contributed by atoms with van der Waals surface area (Å²) in [6.07, 6.45) is 2.76. The topological polar surface area (TPSA) is 120 Å². The first-order chi connectivity index (χ1) is 10.1. The van der Waals surface area contributed by atoms with Crippen LogP contribution in [0.3, 0.4) is 0 Å². The van der Waals surface area contributed by atoms with Crippen molar-refractivity contribution < 1.29 is 14.5 Å². The lowest BCUT2D eigenvalue weighted by Gasteiger charge is -2.07. The molecule has 0 unspecified atom stereocenters. The van der Waals surface area contributed by atoms with E-state index in [0.717, 1.165) is 19.3 Å². The van der Waals surface area contributed by atoms with Crippen LogP contribution in [0, 0.1) is 10.1 Å².